The Morgan fingerprint density at radius 1 is 1.26 bits per heavy atom. The van der Waals surface area contributed by atoms with Crippen molar-refractivity contribution in [3.05, 3.63) is 57.9 Å². The number of aromatic nitrogens is 4. The lowest BCUT2D eigenvalue weighted by Gasteiger charge is -2.02. The van der Waals surface area contributed by atoms with Gasteiger partial charge >= 0.3 is 5.69 Å². The summed E-state index contributed by atoms with van der Waals surface area (Å²) >= 11 is 5.77. The van der Waals surface area contributed by atoms with Crippen LogP contribution >= 0.6 is 11.6 Å². The summed E-state index contributed by atoms with van der Waals surface area (Å²) in [5.41, 5.74) is 2.14. The molecule has 6 heteroatoms. The molecule has 0 aliphatic rings. The van der Waals surface area contributed by atoms with Gasteiger partial charge in [-0.1, -0.05) is 30.3 Å². The van der Waals surface area contributed by atoms with Crippen molar-refractivity contribution >= 4 is 22.8 Å². The van der Waals surface area contributed by atoms with Gasteiger partial charge in [0, 0.05) is 7.05 Å². The third kappa shape index (κ3) is 2.02. The van der Waals surface area contributed by atoms with Gasteiger partial charge in [-0.05, 0) is 17.2 Å². The van der Waals surface area contributed by atoms with Crippen LogP contribution in [0.4, 0.5) is 0 Å². The van der Waals surface area contributed by atoms with Crippen LogP contribution in [0.5, 0.6) is 0 Å². The predicted molar refractivity (Wildman–Crippen MR) is 73.3 cm³/mol. The zero-order valence-corrected chi connectivity index (χ0v) is 11.0. The lowest BCUT2D eigenvalue weighted by atomic mass is 10.2. The van der Waals surface area contributed by atoms with Gasteiger partial charge in [0.1, 0.15) is 5.52 Å². The van der Waals surface area contributed by atoms with Crippen molar-refractivity contribution in [1.29, 1.82) is 0 Å². The van der Waals surface area contributed by atoms with Gasteiger partial charge in [-0.15, -0.1) is 0 Å². The number of halogens is 1. The van der Waals surface area contributed by atoms with Crippen LogP contribution in [0.1, 0.15) is 5.56 Å². The molecule has 19 heavy (non-hydrogen) atoms. The Morgan fingerprint density at radius 2 is 2.00 bits per heavy atom. The summed E-state index contributed by atoms with van der Waals surface area (Å²) in [6.07, 6.45) is 1.58. The number of fused-ring (bicyclic) bond motifs is 1. The number of imidazole rings is 1. The zero-order valence-electron chi connectivity index (χ0n) is 10.2. The molecule has 0 radical (unpaired) electrons. The second-order valence-electron chi connectivity index (χ2n) is 4.26. The van der Waals surface area contributed by atoms with Crippen LogP contribution in [0.2, 0.25) is 5.28 Å². The lowest BCUT2D eigenvalue weighted by Crippen LogP contribution is -2.22. The number of hydrogen-bond donors (Lipinski definition) is 0. The molecule has 0 N–H and O–H groups in total. The van der Waals surface area contributed by atoms with Crippen LogP contribution in [-0.4, -0.2) is 19.1 Å². The average molecular weight is 275 g/mol. The molecule has 0 amide bonds. The molecule has 0 spiro atoms. The first-order valence-electron chi connectivity index (χ1n) is 5.78. The first-order chi connectivity index (χ1) is 9.16. The summed E-state index contributed by atoms with van der Waals surface area (Å²) in [6.45, 7) is 0.488. The SMILES string of the molecule is Cn1c(=O)n(Cc2ccccc2)c2cnc(Cl)nc21. The molecule has 0 atom stereocenters. The maximum absolute atomic E-state index is 12.2. The normalized spacial score (nSPS) is 11.1. The highest BCUT2D eigenvalue weighted by Crippen LogP contribution is 2.12. The predicted octanol–water partition coefficient (Wildman–Crippen LogP) is 1.83. The fraction of sp³-hybridized carbons (Fsp3) is 0.154. The van der Waals surface area contributed by atoms with Crippen molar-refractivity contribution in [3.8, 4) is 0 Å². The van der Waals surface area contributed by atoms with Gasteiger partial charge in [0.15, 0.2) is 5.65 Å². The van der Waals surface area contributed by atoms with E-state index in [-0.39, 0.29) is 11.0 Å². The number of hydrogen-bond acceptors (Lipinski definition) is 3. The molecule has 3 aromatic rings. The van der Waals surface area contributed by atoms with E-state index < -0.39 is 0 Å². The maximum atomic E-state index is 12.2. The van der Waals surface area contributed by atoms with Gasteiger partial charge in [0.05, 0.1) is 12.7 Å². The molecule has 0 aliphatic carbocycles. The summed E-state index contributed by atoms with van der Waals surface area (Å²) < 4.78 is 3.12. The highest BCUT2D eigenvalue weighted by molar-refractivity contribution is 6.28. The van der Waals surface area contributed by atoms with E-state index in [2.05, 4.69) is 9.97 Å². The second-order valence-corrected chi connectivity index (χ2v) is 4.60. The quantitative estimate of drug-likeness (QED) is 0.670. The molecule has 3 rings (SSSR count). The fourth-order valence-electron chi connectivity index (χ4n) is 2.08. The molecule has 0 bridgehead atoms. The van der Waals surface area contributed by atoms with Crippen LogP contribution in [-0.2, 0) is 13.6 Å². The smallest absolute Gasteiger partial charge is 0.284 e. The van der Waals surface area contributed by atoms with Crippen molar-refractivity contribution < 1.29 is 0 Å². The van der Waals surface area contributed by atoms with E-state index in [0.29, 0.717) is 17.7 Å². The first-order valence-corrected chi connectivity index (χ1v) is 6.16. The molecular formula is C13H11ClN4O. The van der Waals surface area contributed by atoms with Crippen LogP contribution < -0.4 is 5.69 Å². The largest absolute Gasteiger partial charge is 0.330 e. The van der Waals surface area contributed by atoms with Crippen molar-refractivity contribution in [2.75, 3.05) is 0 Å². The van der Waals surface area contributed by atoms with Crippen molar-refractivity contribution in [2.24, 2.45) is 7.05 Å². The highest BCUT2D eigenvalue weighted by atomic mass is 35.5. The monoisotopic (exact) mass is 274 g/mol. The molecule has 0 saturated heterocycles. The Morgan fingerprint density at radius 3 is 2.74 bits per heavy atom. The van der Waals surface area contributed by atoms with Crippen LogP contribution in [0.15, 0.2) is 41.3 Å². The minimum absolute atomic E-state index is 0.129. The van der Waals surface area contributed by atoms with Gasteiger partial charge in [0.25, 0.3) is 0 Å². The Balaban J connectivity index is 2.19. The van der Waals surface area contributed by atoms with Gasteiger partial charge < -0.3 is 0 Å². The number of benzene rings is 1. The molecule has 2 aromatic heterocycles. The van der Waals surface area contributed by atoms with Gasteiger partial charge in [-0.25, -0.2) is 9.78 Å². The van der Waals surface area contributed by atoms with Crippen LogP contribution in [0, 0.1) is 0 Å². The number of rotatable bonds is 2. The Hall–Kier alpha value is -2.14. The van der Waals surface area contributed by atoms with Crippen molar-refractivity contribution in [1.82, 2.24) is 19.1 Å². The van der Waals surface area contributed by atoms with E-state index in [4.69, 9.17) is 11.6 Å². The van der Waals surface area contributed by atoms with E-state index >= 15 is 0 Å². The Labute approximate surface area is 114 Å². The van der Waals surface area contributed by atoms with Crippen molar-refractivity contribution in [2.45, 2.75) is 6.54 Å². The summed E-state index contributed by atoms with van der Waals surface area (Å²) in [7, 11) is 1.68. The van der Waals surface area contributed by atoms with Crippen molar-refractivity contribution in [3.63, 3.8) is 0 Å². The minimum Gasteiger partial charge on any atom is -0.284 e. The van der Waals surface area contributed by atoms with E-state index in [9.17, 15) is 4.79 Å². The second kappa shape index (κ2) is 4.51. The molecule has 0 aliphatic heterocycles. The fourth-order valence-corrected chi connectivity index (χ4v) is 2.21. The minimum atomic E-state index is -0.129. The molecule has 0 unspecified atom stereocenters. The van der Waals surface area contributed by atoms with Crippen LogP contribution in [0.25, 0.3) is 11.2 Å². The summed E-state index contributed by atoms with van der Waals surface area (Å²) in [5.74, 6) is 0. The standard InChI is InChI=1S/C13H11ClN4O/c1-17-11-10(7-15-12(14)16-11)18(13(17)19)8-9-5-3-2-4-6-9/h2-7H,8H2,1H3. The third-order valence-corrected chi connectivity index (χ3v) is 3.21. The summed E-state index contributed by atoms with van der Waals surface area (Å²) in [6, 6.07) is 9.78. The molecule has 1 aromatic carbocycles. The summed E-state index contributed by atoms with van der Waals surface area (Å²) in [5, 5.41) is 0.139. The van der Waals surface area contributed by atoms with Crippen LogP contribution in [0.3, 0.4) is 0 Å². The third-order valence-electron chi connectivity index (χ3n) is 3.03. The van der Waals surface area contributed by atoms with E-state index in [1.165, 1.54) is 4.57 Å². The summed E-state index contributed by atoms with van der Waals surface area (Å²) in [4.78, 5) is 20.3. The van der Waals surface area contributed by atoms with Gasteiger partial charge in [-0.3, -0.25) is 9.13 Å². The lowest BCUT2D eigenvalue weighted by molar-refractivity contribution is 0.734. The molecule has 0 saturated carbocycles. The highest BCUT2D eigenvalue weighted by Gasteiger charge is 2.13. The first kappa shape index (κ1) is 11.9. The molecular weight excluding hydrogens is 264 g/mol. The Bertz CT molecular complexity index is 792. The van der Waals surface area contributed by atoms with Gasteiger partial charge in [0.2, 0.25) is 5.28 Å². The topological polar surface area (TPSA) is 52.7 Å². The number of nitrogens with zero attached hydrogens (tertiary/aromatic N) is 4. The van der Waals surface area contributed by atoms with E-state index in [1.54, 1.807) is 17.8 Å². The molecule has 5 nitrogen and oxygen atoms in total. The maximum Gasteiger partial charge on any atom is 0.330 e. The zero-order chi connectivity index (χ0) is 13.4. The molecule has 0 fully saturated rings. The Kier molecular flexibility index (Phi) is 2.83. The average Bonchev–Trinajstić information content (AvgIpc) is 2.65. The molecule has 96 valence electrons. The van der Waals surface area contributed by atoms with E-state index in [1.807, 2.05) is 30.3 Å². The molecule has 2 heterocycles. The number of aryl methyl sites for hydroxylation is 1. The van der Waals surface area contributed by atoms with Gasteiger partial charge in [-0.2, -0.15) is 4.98 Å². The van der Waals surface area contributed by atoms with E-state index in [0.717, 1.165) is 5.56 Å².